The Balaban J connectivity index is 1.87. The Bertz CT molecular complexity index is 610. The van der Waals surface area contributed by atoms with Gasteiger partial charge in [-0.3, -0.25) is 4.79 Å². The van der Waals surface area contributed by atoms with E-state index in [9.17, 15) is 9.18 Å². The number of halogens is 1. The zero-order valence-electron chi connectivity index (χ0n) is 12.0. The van der Waals surface area contributed by atoms with Crippen LogP contribution < -0.4 is 11.1 Å². The van der Waals surface area contributed by atoms with Crippen molar-refractivity contribution < 1.29 is 9.18 Å². The minimum atomic E-state index is -0.281. The van der Waals surface area contributed by atoms with Gasteiger partial charge in [-0.15, -0.1) is 0 Å². The summed E-state index contributed by atoms with van der Waals surface area (Å²) in [7, 11) is 0. The number of amides is 1. The van der Waals surface area contributed by atoms with Crippen molar-refractivity contribution in [1.29, 1.82) is 0 Å². The van der Waals surface area contributed by atoms with Crippen molar-refractivity contribution in [2.45, 2.75) is 25.8 Å². The number of nitrogens with one attached hydrogen (secondary N) is 1. The Morgan fingerprint density at radius 2 is 1.86 bits per heavy atom. The van der Waals surface area contributed by atoms with Crippen molar-refractivity contribution in [1.82, 2.24) is 5.32 Å². The van der Waals surface area contributed by atoms with Gasteiger partial charge in [-0.05, 0) is 42.7 Å². The van der Waals surface area contributed by atoms with Gasteiger partial charge >= 0.3 is 0 Å². The Hall–Kier alpha value is -2.36. The molecule has 4 heteroatoms. The standard InChI is InChI=1S/C17H19FN2O/c1-12(13-6-9-15(18)10-7-13)20-17(21)11-8-14-4-2-3-5-16(14)19/h2-7,9-10,12H,8,11,19H2,1H3,(H,20,21)/t12-/m0/s1. The Morgan fingerprint density at radius 1 is 1.19 bits per heavy atom. The predicted molar refractivity (Wildman–Crippen MR) is 82.1 cm³/mol. The van der Waals surface area contributed by atoms with Gasteiger partial charge in [-0.2, -0.15) is 0 Å². The molecule has 1 atom stereocenters. The van der Waals surface area contributed by atoms with Crippen LogP contribution in [0.4, 0.5) is 10.1 Å². The number of carbonyl (C=O) groups is 1. The van der Waals surface area contributed by atoms with E-state index in [0.29, 0.717) is 18.5 Å². The van der Waals surface area contributed by atoms with Gasteiger partial charge < -0.3 is 11.1 Å². The highest BCUT2D eigenvalue weighted by molar-refractivity contribution is 5.77. The average Bonchev–Trinajstić information content (AvgIpc) is 2.47. The van der Waals surface area contributed by atoms with Crippen molar-refractivity contribution in [2.75, 3.05) is 5.73 Å². The third-order valence-electron chi connectivity index (χ3n) is 3.42. The van der Waals surface area contributed by atoms with E-state index in [-0.39, 0.29) is 17.8 Å². The number of benzene rings is 2. The van der Waals surface area contributed by atoms with E-state index in [2.05, 4.69) is 5.32 Å². The van der Waals surface area contributed by atoms with Crippen molar-refractivity contribution >= 4 is 11.6 Å². The molecule has 0 spiro atoms. The van der Waals surface area contributed by atoms with Crippen molar-refractivity contribution in [2.24, 2.45) is 0 Å². The zero-order valence-corrected chi connectivity index (χ0v) is 12.0. The molecule has 3 nitrogen and oxygen atoms in total. The fourth-order valence-electron chi connectivity index (χ4n) is 2.16. The summed E-state index contributed by atoms with van der Waals surface area (Å²) in [6.45, 7) is 1.88. The second kappa shape index (κ2) is 6.88. The normalized spacial score (nSPS) is 11.9. The molecule has 0 aliphatic rings. The molecule has 21 heavy (non-hydrogen) atoms. The van der Waals surface area contributed by atoms with E-state index in [0.717, 1.165) is 11.1 Å². The lowest BCUT2D eigenvalue weighted by atomic mass is 10.1. The van der Waals surface area contributed by atoms with Gasteiger partial charge in [0.1, 0.15) is 5.82 Å². The highest BCUT2D eigenvalue weighted by Crippen LogP contribution is 2.15. The maximum Gasteiger partial charge on any atom is 0.220 e. The average molecular weight is 286 g/mol. The Labute approximate surface area is 124 Å². The number of carbonyl (C=O) groups excluding carboxylic acids is 1. The number of hydrogen-bond acceptors (Lipinski definition) is 2. The molecule has 0 aliphatic heterocycles. The van der Waals surface area contributed by atoms with Crippen LogP contribution in [0.25, 0.3) is 0 Å². The summed E-state index contributed by atoms with van der Waals surface area (Å²) in [6.07, 6.45) is 0.981. The molecule has 2 aromatic rings. The molecule has 2 aromatic carbocycles. The zero-order chi connectivity index (χ0) is 15.2. The van der Waals surface area contributed by atoms with Crippen LogP contribution in [0.15, 0.2) is 48.5 Å². The van der Waals surface area contributed by atoms with Crippen LogP contribution in [-0.2, 0) is 11.2 Å². The lowest BCUT2D eigenvalue weighted by Crippen LogP contribution is -2.26. The number of nitrogens with two attached hydrogens (primary N) is 1. The smallest absolute Gasteiger partial charge is 0.220 e. The first kappa shape index (κ1) is 15.0. The van der Waals surface area contributed by atoms with Crippen LogP contribution in [0.5, 0.6) is 0 Å². The Kier molecular flexibility index (Phi) is 4.93. The summed E-state index contributed by atoms with van der Waals surface area (Å²) in [5.74, 6) is -0.327. The first-order chi connectivity index (χ1) is 10.1. The molecule has 110 valence electrons. The third-order valence-corrected chi connectivity index (χ3v) is 3.42. The molecule has 3 N–H and O–H groups in total. The second-order valence-electron chi connectivity index (χ2n) is 5.04. The number of anilines is 1. The molecule has 0 fully saturated rings. The Morgan fingerprint density at radius 3 is 2.52 bits per heavy atom. The fraction of sp³-hybridized carbons (Fsp3) is 0.235. The summed E-state index contributed by atoms with van der Waals surface area (Å²) in [6, 6.07) is 13.5. The van der Waals surface area contributed by atoms with Gasteiger partial charge in [0.05, 0.1) is 6.04 Å². The van der Waals surface area contributed by atoms with Crippen molar-refractivity contribution in [3.63, 3.8) is 0 Å². The summed E-state index contributed by atoms with van der Waals surface area (Å²) in [5.41, 5.74) is 8.40. The maximum atomic E-state index is 12.9. The van der Waals surface area contributed by atoms with Crippen molar-refractivity contribution in [3.8, 4) is 0 Å². The van der Waals surface area contributed by atoms with Crippen LogP contribution >= 0.6 is 0 Å². The van der Waals surface area contributed by atoms with Crippen LogP contribution in [0.1, 0.15) is 30.5 Å². The van der Waals surface area contributed by atoms with E-state index in [4.69, 9.17) is 5.73 Å². The van der Waals surface area contributed by atoms with Gasteiger partial charge in [0.2, 0.25) is 5.91 Å². The molecule has 0 saturated heterocycles. The van der Waals surface area contributed by atoms with Crippen LogP contribution in [0.3, 0.4) is 0 Å². The number of aryl methyl sites for hydroxylation is 1. The summed E-state index contributed by atoms with van der Waals surface area (Å²) < 4.78 is 12.9. The van der Waals surface area contributed by atoms with Gasteiger partial charge in [-0.1, -0.05) is 30.3 Å². The van der Waals surface area contributed by atoms with E-state index in [1.165, 1.54) is 12.1 Å². The molecule has 0 radical (unpaired) electrons. The highest BCUT2D eigenvalue weighted by atomic mass is 19.1. The van der Waals surface area contributed by atoms with Gasteiger partial charge in [0, 0.05) is 12.1 Å². The topological polar surface area (TPSA) is 55.1 Å². The summed E-state index contributed by atoms with van der Waals surface area (Å²) in [5, 5.41) is 2.90. The molecule has 0 heterocycles. The molecule has 0 bridgehead atoms. The van der Waals surface area contributed by atoms with Crippen LogP contribution in [0, 0.1) is 5.82 Å². The van der Waals surface area contributed by atoms with E-state index < -0.39 is 0 Å². The lowest BCUT2D eigenvalue weighted by molar-refractivity contribution is -0.121. The monoisotopic (exact) mass is 286 g/mol. The second-order valence-corrected chi connectivity index (χ2v) is 5.04. The molecule has 2 rings (SSSR count). The molecular formula is C17H19FN2O. The molecule has 0 saturated carbocycles. The number of para-hydroxylation sites is 1. The number of rotatable bonds is 5. The van der Waals surface area contributed by atoms with E-state index >= 15 is 0 Å². The van der Waals surface area contributed by atoms with Crippen LogP contribution in [-0.4, -0.2) is 5.91 Å². The third kappa shape index (κ3) is 4.31. The number of hydrogen-bond donors (Lipinski definition) is 2. The van der Waals surface area contributed by atoms with Gasteiger partial charge in [-0.25, -0.2) is 4.39 Å². The van der Waals surface area contributed by atoms with Gasteiger partial charge in [0.15, 0.2) is 0 Å². The summed E-state index contributed by atoms with van der Waals surface area (Å²) >= 11 is 0. The minimum Gasteiger partial charge on any atom is -0.399 e. The molecule has 0 aromatic heterocycles. The molecule has 0 unspecified atom stereocenters. The van der Waals surface area contributed by atoms with Crippen LogP contribution in [0.2, 0.25) is 0 Å². The first-order valence-electron chi connectivity index (χ1n) is 6.94. The van der Waals surface area contributed by atoms with Gasteiger partial charge in [0.25, 0.3) is 0 Å². The number of nitrogen functional groups attached to an aromatic ring is 1. The predicted octanol–water partition coefficient (Wildman–Crippen LogP) is 3.22. The molecular weight excluding hydrogens is 267 g/mol. The molecule has 1 amide bonds. The van der Waals surface area contributed by atoms with Crippen molar-refractivity contribution in [3.05, 3.63) is 65.5 Å². The van der Waals surface area contributed by atoms with E-state index in [1.807, 2.05) is 31.2 Å². The highest BCUT2D eigenvalue weighted by Gasteiger charge is 2.10. The van der Waals surface area contributed by atoms with E-state index in [1.54, 1.807) is 12.1 Å². The largest absolute Gasteiger partial charge is 0.399 e. The SMILES string of the molecule is C[C@H](NC(=O)CCc1ccccc1N)c1ccc(F)cc1. The lowest BCUT2D eigenvalue weighted by Gasteiger charge is -2.14. The summed E-state index contributed by atoms with van der Waals surface area (Å²) in [4.78, 5) is 12.0. The fourth-order valence-corrected chi connectivity index (χ4v) is 2.16. The molecule has 0 aliphatic carbocycles. The first-order valence-corrected chi connectivity index (χ1v) is 6.94. The maximum absolute atomic E-state index is 12.9. The minimum absolute atomic E-state index is 0.0462. The quantitative estimate of drug-likeness (QED) is 0.829.